The minimum absolute atomic E-state index is 0.00629. The number of methoxy groups -OCH3 is 1. The van der Waals surface area contributed by atoms with Gasteiger partial charge in [0.2, 0.25) is 5.91 Å². The van der Waals surface area contributed by atoms with E-state index in [1.54, 1.807) is 6.07 Å². The fraction of sp³-hybridized carbons (Fsp3) is 0.429. The predicted molar refractivity (Wildman–Crippen MR) is 70.5 cm³/mol. The molecule has 1 aromatic carbocycles. The minimum Gasteiger partial charge on any atom is -0.497 e. The summed E-state index contributed by atoms with van der Waals surface area (Å²) >= 11 is 0. The van der Waals surface area contributed by atoms with Gasteiger partial charge in [0.15, 0.2) is 0 Å². The molecule has 1 aliphatic rings. The van der Waals surface area contributed by atoms with E-state index in [9.17, 15) is 9.59 Å². The van der Waals surface area contributed by atoms with E-state index in [1.807, 2.05) is 13.8 Å². The first-order chi connectivity index (χ1) is 8.85. The summed E-state index contributed by atoms with van der Waals surface area (Å²) in [5.74, 6) is -0.760. The Kier molecular flexibility index (Phi) is 3.22. The lowest BCUT2D eigenvalue weighted by molar-refractivity contribution is -0.118. The van der Waals surface area contributed by atoms with Crippen LogP contribution in [0.15, 0.2) is 18.2 Å². The smallest absolute Gasteiger partial charge is 0.337 e. The Balaban J connectivity index is 2.23. The second kappa shape index (κ2) is 4.57. The zero-order valence-electron chi connectivity index (χ0n) is 11.2. The van der Waals surface area contributed by atoms with Crippen LogP contribution in [0.3, 0.4) is 0 Å². The third kappa shape index (κ3) is 2.70. The Morgan fingerprint density at radius 1 is 1.42 bits per heavy atom. The topological polar surface area (TPSA) is 75.6 Å². The van der Waals surface area contributed by atoms with Crippen molar-refractivity contribution in [3.63, 3.8) is 0 Å². The van der Waals surface area contributed by atoms with Gasteiger partial charge >= 0.3 is 5.97 Å². The standard InChI is InChI=1S/C14H17NO4/c1-14(2)7-10(14)12(16)15-11-6-8(19-3)4-5-9(11)13(17)18/h4-6,10H,7H2,1-3H3,(H,15,16)(H,17,18). The van der Waals surface area contributed by atoms with Crippen LogP contribution in [0.2, 0.25) is 0 Å². The molecular formula is C14H17NO4. The van der Waals surface area contributed by atoms with Gasteiger partial charge in [-0.25, -0.2) is 4.79 Å². The molecule has 0 saturated heterocycles. The summed E-state index contributed by atoms with van der Waals surface area (Å²) < 4.78 is 5.04. The van der Waals surface area contributed by atoms with Crippen molar-refractivity contribution in [3.8, 4) is 5.75 Å². The molecule has 2 rings (SSSR count). The molecule has 1 amide bonds. The zero-order valence-corrected chi connectivity index (χ0v) is 11.2. The number of benzene rings is 1. The molecular weight excluding hydrogens is 246 g/mol. The largest absolute Gasteiger partial charge is 0.497 e. The Morgan fingerprint density at radius 2 is 2.05 bits per heavy atom. The molecule has 19 heavy (non-hydrogen) atoms. The van der Waals surface area contributed by atoms with E-state index in [2.05, 4.69) is 5.32 Å². The van der Waals surface area contributed by atoms with Crippen molar-refractivity contribution in [2.24, 2.45) is 11.3 Å². The molecule has 0 aliphatic heterocycles. The highest BCUT2D eigenvalue weighted by molar-refractivity contribution is 6.02. The first-order valence-electron chi connectivity index (χ1n) is 6.07. The summed E-state index contributed by atoms with van der Waals surface area (Å²) in [6.45, 7) is 4.03. The van der Waals surface area contributed by atoms with Gasteiger partial charge in [0.25, 0.3) is 0 Å². The van der Waals surface area contributed by atoms with Crippen LogP contribution in [0.1, 0.15) is 30.6 Å². The van der Waals surface area contributed by atoms with Crippen LogP contribution in [0.4, 0.5) is 5.69 Å². The van der Waals surface area contributed by atoms with Crippen molar-refractivity contribution < 1.29 is 19.4 Å². The SMILES string of the molecule is COc1ccc(C(=O)O)c(NC(=O)C2CC2(C)C)c1. The van der Waals surface area contributed by atoms with Gasteiger partial charge in [-0.3, -0.25) is 4.79 Å². The Bertz CT molecular complexity index is 536. The molecule has 102 valence electrons. The van der Waals surface area contributed by atoms with Gasteiger partial charge in [-0.15, -0.1) is 0 Å². The average Bonchev–Trinajstić information content (AvgIpc) is 2.98. The molecule has 0 aromatic heterocycles. The summed E-state index contributed by atoms with van der Waals surface area (Å²) in [6.07, 6.45) is 0.825. The Hall–Kier alpha value is -2.04. The number of carbonyl (C=O) groups excluding carboxylic acids is 1. The normalized spacial score (nSPS) is 19.6. The number of nitrogens with one attached hydrogen (secondary N) is 1. The highest BCUT2D eigenvalue weighted by Crippen LogP contribution is 2.52. The van der Waals surface area contributed by atoms with Gasteiger partial charge in [-0.2, -0.15) is 0 Å². The van der Waals surface area contributed by atoms with Crippen molar-refractivity contribution >= 4 is 17.6 Å². The van der Waals surface area contributed by atoms with E-state index in [0.29, 0.717) is 5.75 Å². The van der Waals surface area contributed by atoms with E-state index in [0.717, 1.165) is 6.42 Å². The monoisotopic (exact) mass is 263 g/mol. The van der Waals surface area contributed by atoms with Gasteiger partial charge in [0.1, 0.15) is 5.75 Å². The quantitative estimate of drug-likeness (QED) is 0.874. The number of carboxylic acids is 1. The van der Waals surface area contributed by atoms with Crippen molar-refractivity contribution in [1.82, 2.24) is 0 Å². The molecule has 5 nitrogen and oxygen atoms in total. The summed E-state index contributed by atoms with van der Waals surface area (Å²) in [6, 6.07) is 4.51. The highest BCUT2D eigenvalue weighted by atomic mass is 16.5. The van der Waals surface area contributed by atoms with Crippen LogP contribution < -0.4 is 10.1 Å². The lowest BCUT2D eigenvalue weighted by Gasteiger charge is -2.11. The lowest BCUT2D eigenvalue weighted by Crippen LogP contribution is -2.18. The fourth-order valence-corrected chi connectivity index (χ4v) is 2.07. The molecule has 2 N–H and O–H groups in total. The molecule has 0 spiro atoms. The van der Waals surface area contributed by atoms with Crippen LogP contribution in [-0.4, -0.2) is 24.1 Å². The fourth-order valence-electron chi connectivity index (χ4n) is 2.07. The molecule has 1 atom stereocenters. The van der Waals surface area contributed by atoms with Gasteiger partial charge in [-0.1, -0.05) is 13.8 Å². The van der Waals surface area contributed by atoms with Crippen molar-refractivity contribution in [1.29, 1.82) is 0 Å². The van der Waals surface area contributed by atoms with Crippen molar-refractivity contribution in [3.05, 3.63) is 23.8 Å². The maximum absolute atomic E-state index is 12.0. The first kappa shape index (κ1) is 13.4. The summed E-state index contributed by atoms with van der Waals surface area (Å²) in [7, 11) is 1.49. The van der Waals surface area contributed by atoms with Gasteiger partial charge in [0, 0.05) is 12.0 Å². The van der Waals surface area contributed by atoms with Crippen LogP contribution in [-0.2, 0) is 4.79 Å². The van der Waals surface area contributed by atoms with E-state index in [-0.39, 0.29) is 28.5 Å². The van der Waals surface area contributed by atoms with Crippen LogP contribution in [0.25, 0.3) is 0 Å². The Morgan fingerprint density at radius 3 is 2.53 bits per heavy atom. The number of carboxylic acid groups (broad SMARTS) is 1. The van der Waals surface area contributed by atoms with Gasteiger partial charge < -0.3 is 15.2 Å². The highest BCUT2D eigenvalue weighted by Gasteiger charge is 2.50. The molecule has 5 heteroatoms. The number of rotatable bonds is 4. The lowest BCUT2D eigenvalue weighted by atomic mass is 10.1. The van der Waals surface area contributed by atoms with Crippen LogP contribution in [0, 0.1) is 11.3 Å². The molecule has 0 bridgehead atoms. The van der Waals surface area contributed by atoms with Crippen LogP contribution in [0.5, 0.6) is 5.75 Å². The van der Waals surface area contributed by atoms with Crippen LogP contribution >= 0.6 is 0 Å². The van der Waals surface area contributed by atoms with Crippen molar-refractivity contribution in [2.45, 2.75) is 20.3 Å². The number of hydrogen-bond acceptors (Lipinski definition) is 3. The maximum atomic E-state index is 12.0. The summed E-state index contributed by atoms with van der Waals surface area (Å²) in [4.78, 5) is 23.1. The van der Waals surface area contributed by atoms with Gasteiger partial charge in [0.05, 0.1) is 18.4 Å². The molecule has 1 fully saturated rings. The third-order valence-electron chi connectivity index (χ3n) is 3.54. The second-order valence-corrected chi connectivity index (χ2v) is 5.45. The van der Waals surface area contributed by atoms with E-state index in [4.69, 9.17) is 9.84 Å². The average molecular weight is 263 g/mol. The van der Waals surface area contributed by atoms with E-state index in [1.165, 1.54) is 19.2 Å². The molecule has 0 radical (unpaired) electrons. The number of ether oxygens (including phenoxy) is 1. The maximum Gasteiger partial charge on any atom is 0.337 e. The van der Waals surface area contributed by atoms with E-state index < -0.39 is 5.97 Å². The summed E-state index contributed by atoms with van der Waals surface area (Å²) in [5.41, 5.74) is 0.346. The minimum atomic E-state index is -1.08. The Labute approximate surface area is 111 Å². The van der Waals surface area contributed by atoms with Crippen molar-refractivity contribution in [2.75, 3.05) is 12.4 Å². The third-order valence-corrected chi connectivity index (χ3v) is 3.54. The van der Waals surface area contributed by atoms with E-state index >= 15 is 0 Å². The number of hydrogen-bond donors (Lipinski definition) is 2. The number of anilines is 1. The molecule has 1 saturated carbocycles. The first-order valence-corrected chi connectivity index (χ1v) is 6.07. The molecule has 1 unspecified atom stereocenters. The van der Waals surface area contributed by atoms with Gasteiger partial charge in [-0.05, 0) is 24.0 Å². The molecule has 1 aliphatic carbocycles. The molecule has 0 heterocycles. The number of carbonyl (C=O) groups is 2. The predicted octanol–water partition coefficient (Wildman–Crippen LogP) is 2.38. The second-order valence-electron chi connectivity index (χ2n) is 5.45. The molecule has 1 aromatic rings. The summed E-state index contributed by atoms with van der Waals surface area (Å²) in [5, 5.41) is 11.8. The number of aromatic carboxylic acids is 1. The number of amides is 1. The zero-order chi connectivity index (χ0) is 14.2.